The highest BCUT2D eigenvalue weighted by molar-refractivity contribution is 7.09. The number of piperidine rings is 1. The molecule has 1 saturated heterocycles. The molecule has 4 N–H and O–H groups in total. The number of hydrogen-bond acceptors (Lipinski definition) is 9. The molecule has 1 aliphatic rings. The van der Waals surface area contributed by atoms with Crippen molar-refractivity contribution in [3.05, 3.63) is 52.1 Å². The standard InChI is InChI=1S/C27H33ClN8O2S/c1-36(2)11-9-30-22(37)16-38-19-5-3-17(4-6-19)26-34-25-24(20(28)15-32-27(25)35-26)33-21-7-8-29-14-18(21)13-23-31-10-12-39-23/h3-6,10,12,15,18,21,29H,7-9,11,13-14,16H2,1-2H3,(H,30,37)(H2,32,33,34,35). The first kappa shape index (κ1) is 27.3. The number of amides is 1. The topological polar surface area (TPSA) is 120 Å². The minimum atomic E-state index is -0.149. The van der Waals surface area contributed by atoms with E-state index in [0.717, 1.165) is 54.3 Å². The van der Waals surface area contributed by atoms with Gasteiger partial charge in [0.2, 0.25) is 0 Å². The van der Waals surface area contributed by atoms with Gasteiger partial charge < -0.3 is 30.6 Å². The quantitative estimate of drug-likeness (QED) is 0.217. The number of nitrogens with one attached hydrogen (secondary N) is 4. The SMILES string of the molecule is CN(C)CCNC(=O)COc1ccc(-c2nc3ncc(Cl)c(NC4CCNCC4Cc4nccs4)c3[nH]2)cc1. The van der Waals surface area contributed by atoms with Crippen LogP contribution in [0, 0.1) is 5.92 Å². The van der Waals surface area contributed by atoms with Gasteiger partial charge in [0, 0.05) is 49.2 Å². The second kappa shape index (κ2) is 12.7. The smallest absolute Gasteiger partial charge is 0.257 e. The Balaban J connectivity index is 1.27. The minimum absolute atomic E-state index is 0.0326. The van der Waals surface area contributed by atoms with Crippen molar-refractivity contribution in [3.63, 3.8) is 0 Å². The van der Waals surface area contributed by atoms with Gasteiger partial charge in [-0.3, -0.25) is 4.79 Å². The summed E-state index contributed by atoms with van der Waals surface area (Å²) in [7, 11) is 3.92. The third-order valence-corrected chi connectivity index (χ3v) is 7.80. The molecule has 0 spiro atoms. The number of H-pyrrole nitrogens is 1. The first-order chi connectivity index (χ1) is 19.0. The van der Waals surface area contributed by atoms with E-state index in [-0.39, 0.29) is 18.6 Å². The largest absolute Gasteiger partial charge is 0.484 e. The summed E-state index contributed by atoms with van der Waals surface area (Å²) in [4.78, 5) is 31.1. The van der Waals surface area contributed by atoms with E-state index in [2.05, 4.69) is 30.9 Å². The van der Waals surface area contributed by atoms with Crippen molar-refractivity contribution in [1.29, 1.82) is 0 Å². The van der Waals surface area contributed by atoms with Crippen LogP contribution in [0.4, 0.5) is 5.69 Å². The van der Waals surface area contributed by atoms with Crippen LogP contribution in [0.25, 0.3) is 22.6 Å². The first-order valence-corrected chi connectivity index (χ1v) is 14.3. The zero-order valence-electron chi connectivity index (χ0n) is 22.0. The third kappa shape index (κ3) is 7.04. The Bertz CT molecular complexity index is 1380. The average Bonchev–Trinajstić information content (AvgIpc) is 3.60. The van der Waals surface area contributed by atoms with Gasteiger partial charge in [-0.25, -0.2) is 15.0 Å². The van der Waals surface area contributed by atoms with Gasteiger partial charge in [0.05, 0.1) is 21.9 Å². The zero-order valence-corrected chi connectivity index (χ0v) is 23.6. The summed E-state index contributed by atoms with van der Waals surface area (Å²) >= 11 is 8.34. The summed E-state index contributed by atoms with van der Waals surface area (Å²) < 4.78 is 5.64. The molecule has 1 aliphatic heterocycles. The molecule has 3 aromatic heterocycles. The Labute approximate surface area is 236 Å². The molecule has 5 rings (SSSR count). The number of fused-ring (bicyclic) bond motifs is 1. The van der Waals surface area contributed by atoms with Gasteiger partial charge in [-0.1, -0.05) is 11.6 Å². The highest BCUT2D eigenvalue weighted by Gasteiger charge is 2.27. The molecular formula is C27H33ClN8O2S. The molecule has 10 nitrogen and oxygen atoms in total. The number of benzene rings is 1. The number of carbonyl (C=O) groups excluding carboxylic acids is 1. The Kier molecular flexibility index (Phi) is 8.92. The summed E-state index contributed by atoms with van der Waals surface area (Å²) in [6, 6.07) is 7.70. The van der Waals surface area contributed by atoms with Crippen LogP contribution in [0.2, 0.25) is 5.02 Å². The van der Waals surface area contributed by atoms with Crippen molar-refractivity contribution in [1.82, 2.24) is 35.5 Å². The third-order valence-electron chi connectivity index (χ3n) is 6.71. The van der Waals surface area contributed by atoms with Gasteiger partial charge in [0.15, 0.2) is 12.3 Å². The molecule has 2 unspecified atom stereocenters. The lowest BCUT2D eigenvalue weighted by Gasteiger charge is -2.33. The van der Waals surface area contributed by atoms with Crippen molar-refractivity contribution in [2.24, 2.45) is 5.92 Å². The number of carbonyl (C=O) groups is 1. The lowest BCUT2D eigenvalue weighted by Crippen LogP contribution is -2.45. The summed E-state index contributed by atoms with van der Waals surface area (Å²) in [5.41, 5.74) is 3.06. The van der Waals surface area contributed by atoms with Crippen LogP contribution < -0.4 is 20.7 Å². The normalized spacial score (nSPS) is 17.4. The Morgan fingerprint density at radius 1 is 1.26 bits per heavy atom. The predicted octanol–water partition coefficient (Wildman–Crippen LogP) is 3.42. The number of thiazole rings is 1. The second-order valence-electron chi connectivity index (χ2n) is 9.87. The van der Waals surface area contributed by atoms with Gasteiger partial charge in [-0.2, -0.15) is 0 Å². The number of aromatic amines is 1. The number of pyridine rings is 1. The van der Waals surface area contributed by atoms with Crippen LogP contribution in [-0.4, -0.2) is 83.7 Å². The number of aromatic nitrogens is 4. The zero-order chi connectivity index (χ0) is 27.2. The lowest BCUT2D eigenvalue weighted by molar-refractivity contribution is -0.123. The molecule has 206 valence electrons. The van der Waals surface area contributed by atoms with E-state index < -0.39 is 0 Å². The van der Waals surface area contributed by atoms with Gasteiger partial charge in [-0.15, -0.1) is 11.3 Å². The number of anilines is 1. The van der Waals surface area contributed by atoms with Crippen molar-refractivity contribution < 1.29 is 9.53 Å². The summed E-state index contributed by atoms with van der Waals surface area (Å²) in [6.45, 7) is 3.19. The number of halogens is 1. The molecule has 4 heterocycles. The van der Waals surface area contributed by atoms with Gasteiger partial charge in [0.1, 0.15) is 17.1 Å². The molecular weight excluding hydrogens is 536 g/mol. The van der Waals surface area contributed by atoms with E-state index in [0.29, 0.717) is 34.7 Å². The highest BCUT2D eigenvalue weighted by atomic mass is 35.5. The molecule has 1 fully saturated rings. The molecule has 1 amide bonds. The number of likely N-dealkylation sites (N-methyl/N-ethyl adjacent to an activating group) is 1. The molecule has 0 bridgehead atoms. The maximum absolute atomic E-state index is 12.0. The monoisotopic (exact) mass is 568 g/mol. The Morgan fingerprint density at radius 2 is 2.10 bits per heavy atom. The fraction of sp³-hybridized carbons (Fsp3) is 0.407. The van der Waals surface area contributed by atoms with E-state index >= 15 is 0 Å². The molecule has 0 radical (unpaired) electrons. The Hall–Kier alpha value is -3.25. The van der Waals surface area contributed by atoms with Crippen LogP contribution in [0.1, 0.15) is 11.4 Å². The number of nitrogens with zero attached hydrogens (tertiary/aromatic N) is 4. The van der Waals surface area contributed by atoms with Gasteiger partial charge >= 0.3 is 0 Å². The number of hydrogen-bond donors (Lipinski definition) is 4. The summed E-state index contributed by atoms with van der Waals surface area (Å²) in [5, 5.41) is 13.8. The van der Waals surface area contributed by atoms with Crippen LogP contribution in [0.15, 0.2) is 42.0 Å². The van der Waals surface area contributed by atoms with Gasteiger partial charge in [-0.05, 0) is 57.2 Å². The van der Waals surface area contributed by atoms with E-state index in [1.807, 2.05) is 54.8 Å². The molecule has 12 heteroatoms. The maximum atomic E-state index is 12.0. The fourth-order valence-electron chi connectivity index (χ4n) is 4.63. The molecule has 2 atom stereocenters. The first-order valence-electron chi connectivity index (χ1n) is 13.0. The van der Waals surface area contributed by atoms with Crippen molar-refractivity contribution in [2.75, 3.05) is 52.2 Å². The molecule has 1 aromatic carbocycles. The van der Waals surface area contributed by atoms with Gasteiger partial charge in [0.25, 0.3) is 5.91 Å². The van der Waals surface area contributed by atoms with Crippen molar-refractivity contribution in [2.45, 2.75) is 18.9 Å². The van der Waals surface area contributed by atoms with Crippen molar-refractivity contribution in [3.8, 4) is 17.1 Å². The number of ether oxygens (including phenoxy) is 1. The molecule has 39 heavy (non-hydrogen) atoms. The van der Waals surface area contributed by atoms with Crippen molar-refractivity contribution >= 4 is 45.7 Å². The number of rotatable bonds is 11. The van der Waals surface area contributed by atoms with Crippen LogP contribution in [-0.2, 0) is 11.2 Å². The lowest BCUT2D eigenvalue weighted by atomic mass is 9.90. The summed E-state index contributed by atoms with van der Waals surface area (Å²) in [6.07, 6.45) is 5.40. The highest BCUT2D eigenvalue weighted by Crippen LogP contribution is 2.33. The predicted molar refractivity (Wildman–Crippen MR) is 156 cm³/mol. The molecule has 0 aliphatic carbocycles. The molecule has 4 aromatic rings. The number of imidazole rings is 1. The maximum Gasteiger partial charge on any atom is 0.257 e. The molecule has 0 saturated carbocycles. The van der Waals surface area contributed by atoms with E-state index in [1.54, 1.807) is 17.5 Å². The Morgan fingerprint density at radius 3 is 2.87 bits per heavy atom. The fourth-order valence-corrected chi connectivity index (χ4v) is 5.54. The van der Waals surface area contributed by atoms with Crippen LogP contribution >= 0.6 is 22.9 Å². The average molecular weight is 569 g/mol. The minimum Gasteiger partial charge on any atom is -0.484 e. The van der Waals surface area contributed by atoms with E-state index in [1.165, 1.54) is 0 Å². The van der Waals surface area contributed by atoms with E-state index in [9.17, 15) is 4.79 Å². The summed E-state index contributed by atoms with van der Waals surface area (Å²) in [5.74, 6) is 1.52. The van der Waals surface area contributed by atoms with Crippen LogP contribution in [0.3, 0.4) is 0 Å². The van der Waals surface area contributed by atoms with Crippen LogP contribution in [0.5, 0.6) is 5.75 Å². The second-order valence-corrected chi connectivity index (χ2v) is 11.3. The van der Waals surface area contributed by atoms with E-state index in [4.69, 9.17) is 21.3 Å².